The topological polar surface area (TPSA) is 30.5 Å². The van der Waals surface area contributed by atoms with Gasteiger partial charge in [-0.1, -0.05) is 0 Å². The summed E-state index contributed by atoms with van der Waals surface area (Å²) in [4.78, 5) is 0. The molecule has 1 aromatic carbocycles. The minimum Gasteiger partial charge on any atom is -0.496 e. The summed E-state index contributed by atoms with van der Waals surface area (Å²) in [5, 5.41) is 3.37. The van der Waals surface area contributed by atoms with Crippen molar-refractivity contribution < 1.29 is 9.47 Å². The van der Waals surface area contributed by atoms with Gasteiger partial charge in [0.05, 0.1) is 18.7 Å². The SMILES string of the molecule is CNC(c1cc(OC)c(Br)cc1OC)C1CC1. The Labute approximate surface area is 111 Å². The van der Waals surface area contributed by atoms with Crippen molar-refractivity contribution in [3.63, 3.8) is 0 Å². The number of benzene rings is 1. The molecule has 0 spiro atoms. The van der Waals surface area contributed by atoms with Gasteiger partial charge in [0.1, 0.15) is 11.5 Å². The summed E-state index contributed by atoms with van der Waals surface area (Å²) in [5.41, 5.74) is 1.18. The van der Waals surface area contributed by atoms with Crippen molar-refractivity contribution in [2.24, 2.45) is 5.92 Å². The summed E-state index contributed by atoms with van der Waals surface area (Å²) < 4.78 is 11.7. The first-order valence-electron chi connectivity index (χ1n) is 5.80. The van der Waals surface area contributed by atoms with Crippen molar-refractivity contribution in [1.82, 2.24) is 5.32 Å². The van der Waals surface area contributed by atoms with E-state index < -0.39 is 0 Å². The van der Waals surface area contributed by atoms with Crippen LogP contribution in [0.25, 0.3) is 0 Å². The van der Waals surface area contributed by atoms with E-state index in [9.17, 15) is 0 Å². The predicted molar refractivity (Wildman–Crippen MR) is 71.8 cm³/mol. The standard InChI is InChI=1S/C13H18BrNO2/c1-15-13(8-4-5-8)9-6-12(17-3)10(14)7-11(9)16-2/h6-8,13,15H,4-5H2,1-3H3. The van der Waals surface area contributed by atoms with Crippen LogP contribution in [0.4, 0.5) is 0 Å². The number of hydrogen-bond acceptors (Lipinski definition) is 3. The van der Waals surface area contributed by atoms with Crippen LogP contribution in [0.15, 0.2) is 16.6 Å². The molecule has 0 radical (unpaired) electrons. The van der Waals surface area contributed by atoms with Gasteiger partial charge in [0, 0.05) is 11.6 Å². The first-order chi connectivity index (χ1) is 8.21. The monoisotopic (exact) mass is 299 g/mol. The van der Waals surface area contributed by atoms with E-state index >= 15 is 0 Å². The van der Waals surface area contributed by atoms with Crippen molar-refractivity contribution in [2.45, 2.75) is 18.9 Å². The number of nitrogens with one attached hydrogen (secondary N) is 1. The Morgan fingerprint density at radius 3 is 2.35 bits per heavy atom. The predicted octanol–water partition coefficient (Wildman–Crippen LogP) is 3.14. The number of rotatable bonds is 5. The molecule has 1 aliphatic rings. The zero-order valence-corrected chi connectivity index (χ0v) is 12.0. The fourth-order valence-electron chi connectivity index (χ4n) is 2.20. The highest BCUT2D eigenvalue weighted by Gasteiger charge is 2.33. The molecule has 1 aromatic rings. The van der Waals surface area contributed by atoms with E-state index in [0.717, 1.165) is 21.9 Å². The smallest absolute Gasteiger partial charge is 0.133 e. The summed E-state index contributed by atoms with van der Waals surface area (Å²) in [6.45, 7) is 0. The van der Waals surface area contributed by atoms with E-state index in [-0.39, 0.29) is 0 Å². The molecule has 0 aromatic heterocycles. The number of hydrogen-bond donors (Lipinski definition) is 1. The van der Waals surface area contributed by atoms with Gasteiger partial charge >= 0.3 is 0 Å². The molecular weight excluding hydrogens is 282 g/mol. The third-order valence-corrected chi connectivity index (χ3v) is 3.86. The molecule has 1 saturated carbocycles. The lowest BCUT2D eigenvalue weighted by Gasteiger charge is -2.20. The Kier molecular flexibility index (Phi) is 3.94. The minimum atomic E-state index is 0.354. The largest absolute Gasteiger partial charge is 0.496 e. The molecular formula is C13H18BrNO2. The van der Waals surface area contributed by atoms with Crippen molar-refractivity contribution in [2.75, 3.05) is 21.3 Å². The zero-order chi connectivity index (χ0) is 12.4. The Morgan fingerprint density at radius 1 is 1.24 bits per heavy atom. The maximum atomic E-state index is 5.46. The molecule has 1 N–H and O–H groups in total. The van der Waals surface area contributed by atoms with Gasteiger partial charge in [-0.05, 0) is 53.9 Å². The van der Waals surface area contributed by atoms with Gasteiger partial charge in [0.15, 0.2) is 0 Å². The van der Waals surface area contributed by atoms with E-state index in [0.29, 0.717) is 6.04 Å². The third-order valence-electron chi connectivity index (χ3n) is 3.24. The first-order valence-corrected chi connectivity index (χ1v) is 6.59. The average Bonchev–Trinajstić information content (AvgIpc) is 3.15. The average molecular weight is 300 g/mol. The van der Waals surface area contributed by atoms with Gasteiger partial charge in [0.25, 0.3) is 0 Å². The molecule has 2 rings (SSSR count). The van der Waals surface area contributed by atoms with Crippen LogP contribution in [-0.4, -0.2) is 21.3 Å². The fraction of sp³-hybridized carbons (Fsp3) is 0.538. The summed E-state index contributed by atoms with van der Waals surface area (Å²) in [5.74, 6) is 2.48. The van der Waals surface area contributed by atoms with Crippen LogP contribution in [0.3, 0.4) is 0 Å². The van der Waals surface area contributed by atoms with Crippen LogP contribution in [0.2, 0.25) is 0 Å². The molecule has 0 aliphatic heterocycles. The van der Waals surface area contributed by atoms with Gasteiger partial charge in [-0.25, -0.2) is 0 Å². The molecule has 0 amide bonds. The third kappa shape index (κ3) is 2.58. The molecule has 1 atom stereocenters. The highest BCUT2D eigenvalue weighted by atomic mass is 79.9. The molecule has 0 saturated heterocycles. The summed E-state index contributed by atoms with van der Waals surface area (Å²) in [7, 11) is 5.39. The second-order valence-corrected chi connectivity index (χ2v) is 5.19. The van der Waals surface area contributed by atoms with Crippen LogP contribution in [0.5, 0.6) is 11.5 Å². The van der Waals surface area contributed by atoms with Crippen LogP contribution in [0.1, 0.15) is 24.4 Å². The van der Waals surface area contributed by atoms with E-state index in [1.807, 2.05) is 13.1 Å². The molecule has 1 fully saturated rings. The van der Waals surface area contributed by atoms with Crippen LogP contribution in [0, 0.1) is 5.92 Å². The van der Waals surface area contributed by atoms with Gasteiger partial charge in [-0.3, -0.25) is 0 Å². The molecule has 17 heavy (non-hydrogen) atoms. The molecule has 3 nitrogen and oxygen atoms in total. The first kappa shape index (κ1) is 12.7. The van der Waals surface area contributed by atoms with Crippen molar-refractivity contribution in [3.05, 3.63) is 22.2 Å². The molecule has 1 aliphatic carbocycles. The Bertz CT molecular complexity index is 405. The minimum absolute atomic E-state index is 0.354. The maximum Gasteiger partial charge on any atom is 0.133 e. The highest BCUT2D eigenvalue weighted by molar-refractivity contribution is 9.10. The molecule has 0 bridgehead atoms. The summed E-state index contributed by atoms with van der Waals surface area (Å²) >= 11 is 3.48. The highest BCUT2D eigenvalue weighted by Crippen LogP contribution is 2.45. The van der Waals surface area contributed by atoms with Crippen LogP contribution < -0.4 is 14.8 Å². The lowest BCUT2D eigenvalue weighted by molar-refractivity contribution is 0.385. The normalized spacial score (nSPS) is 16.7. The zero-order valence-electron chi connectivity index (χ0n) is 10.4. The lowest BCUT2D eigenvalue weighted by Crippen LogP contribution is -2.19. The lowest BCUT2D eigenvalue weighted by atomic mass is 10.0. The van der Waals surface area contributed by atoms with Gasteiger partial charge in [-0.2, -0.15) is 0 Å². The van der Waals surface area contributed by atoms with Crippen LogP contribution in [-0.2, 0) is 0 Å². The van der Waals surface area contributed by atoms with Crippen molar-refractivity contribution in [1.29, 1.82) is 0 Å². The molecule has 0 heterocycles. The van der Waals surface area contributed by atoms with E-state index in [4.69, 9.17) is 9.47 Å². The van der Waals surface area contributed by atoms with Crippen molar-refractivity contribution >= 4 is 15.9 Å². The van der Waals surface area contributed by atoms with Gasteiger partial charge in [-0.15, -0.1) is 0 Å². The molecule has 4 heteroatoms. The maximum absolute atomic E-state index is 5.46. The number of halogens is 1. The van der Waals surface area contributed by atoms with E-state index in [1.165, 1.54) is 18.4 Å². The Hall–Kier alpha value is -0.740. The second kappa shape index (κ2) is 5.27. The van der Waals surface area contributed by atoms with Gasteiger partial charge in [0.2, 0.25) is 0 Å². The van der Waals surface area contributed by atoms with E-state index in [1.54, 1.807) is 14.2 Å². The quantitative estimate of drug-likeness (QED) is 0.906. The fourth-order valence-corrected chi connectivity index (χ4v) is 2.69. The van der Waals surface area contributed by atoms with E-state index in [2.05, 4.69) is 27.3 Å². The second-order valence-electron chi connectivity index (χ2n) is 4.33. The van der Waals surface area contributed by atoms with Crippen LogP contribution >= 0.6 is 15.9 Å². The molecule has 1 unspecified atom stereocenters. The summed E-state index contributed by atoms with van der Waals surface area (Å²) in [6.07, 6.45) is 2.57. The summed E-state index contributed by atoms with van der Waals surface area (Å²) in [6, 6.07) is 4.38. The molecule has 94 valence electrons. The van der Waals surface area contributed by atoms with Crippen molar-refractivity contribution in [3.8, 4) is 11.5 Å². The Morgan fingerprint density at radius 2 is 1.88 bits per heavy atom. The number of ether oxygens (including phenoxy) is 2. The van der Waals surface area contributed by atoms with Gasteiger partial charge < -0.3 is 14.8 Å². The Balaban J connectivity index is 2.41. The number of methoxy groups -OCH3 is 2.